The number of primary amides is 2. The van der Waals surface area contributed by atoms with E-state index in [2.05, 4.69) is 9.47 Å². The molecule has 10 heteroatoms. The molecule has 0 aromatic carbocycles. The van der Waals surface area contributed by atoms with Gasteiger partial charge in [-0.05, 0) is 0 Å². The van der Waals surface area contributed by atoms with Crippen molar-refractivity contribution in [1.82, 2.24) is 0 Å². The first kappa shape index (κ1) is 29.1. The molecule has 0 aliphatic carbocycles. The Balaban J connectivity index is -0.000000135. The third-order valence-electron chi connectivity index (χ3n) is 2.01. The number of ether oxygens (including phenoxy) is 2. The summed E-state index contributed by atoms with van der Waals surface area (Å²) >= 11 is 0. The molecule has 0 unspecified atom stereocenters. The van der Waals surface area contributed by atoms with Gasteiger partial charge in [-0.1, -0.05) is 0 Å². The quantitative estimate of drug-likeness (QED) is 0.457. The van der Waals surface area contributed by atoms with Crippen molar-refractivity contribution in [2.75, 3.05) is 68.6 Å². The zero-order chi connectivity index (χ0) is 16.4. The van der Waals surface area contributed by atoms with Crippen molar-refractivity contribution in [3.8, 4) is 0 Å². The lowest BCUT2D eigenvalue weighted by Crippen LogP contribution is -3.00. The predicted octanol–water partition coefficient (Wildman–Crippen LogP) is -6.42. The van der Waals surface area contributed by atoms with E-state index in [1.165, 1.54) is 0 Å². The summed E-state index contributed by atoms with van der Waals surface area (Å²) < 4.78 is 10.6. The first-order chi connectivity index (χ1) is 8.83. The second kappa shape index (κ2) is 13.7. The van der Waals surface area contributed by atoms with E-state index in [-0.39, 0.29) is 24.8 Å². The third-order valence-corrected chi connectivity index (χ3v) is 2.01. The van der Waals surface area contributed by atoms with Crippen molar-refractivity contribution in [2.24, 2.45) is 11.5 Å². The molecular formula is C12H30Cl2N4O4. The van der Waals surface area contributed by atoms with Gasteiger partial charge in [0.2, 0.25) is 0 Å². The van der Waals surface area contributed by atoms with Crippen LogP contribution in [0.2, 0.25) is 0 Å². The summed E-state index contributed by atoms with van der Waals surface area (Å²) in [6.45, 7) is 2.34. The van der Waals surface area contributed by atoms with Gasteiger partial charge in [-0.2, -0.15) is 0 Å². The molecule has 0 heterocycles. The minimum atomic E-state index is -0.701. The molecule has 0 spiro atoms. The fourth-order valence-corrected chi connectivity index (χ4v) is 0.840. The van der Waals surface area contributed by atoms with Gasteiger partial charge >= 0.3 is 12.2 Å². The van der Waals surface area contributed by atoms with Gasteiger partial charge in [-0.3, -0.25) is 0 Å². The Morgan fingerprint density at radius 3 is 1.09 bits per heavy atom. The summed E-state index contributed by atoms with van der Waals surface area (Å²) in [5.41, 5.74) is 9.51. The SMILES string of the molecule is C[N+](C)(C)CCOC(N)=O.C[N+](C)(C)CCOC(N)=O.[Cl-].[Cl-]. The molecule has 136 valence electrons. The molecule has 2 amide bonds. The van der Waals surface area contributed by atoms with E-state index in [0.29, 0.717) is 13.2 Å². The van der Waals surface area contributed by atoms with Crippen molar-refractivity contribution >= 4 is 12.2 Å². The normalized spacial score (nSPS) is 10.1. The van der Waals surface area contributed by atoms with Gasteiger partial charge in [0, 0.05) is 0 Å². The van der Waals surface area contributed by atoms with Gasteiger partial charge < -0.3 is 54.7 Å². The molecule has 0 saturated carbocycles. The topological polar surface area (TPSA) is 105 Å². The second-order valence-corrected chi connectivity index (χ2v) is 6.36. The van der Waals surface area contributed by atoms with Crippen LogP contribution in [0.5, 0.6) is 0 Å². The number of carbonyl (C=O) groups is 2. The Morgan fingerprint density at radius 2 is 0.955 bits per heavy atom. The summed E-state index contributed by atoms with van der Waals surface area (Å²) in [5.74, 6) is 0. The summed E-state index contributed by atoms with van der Waals surface area (Å²) in [6, 6.07) is 0. The lowest BCUT2D eigenvalue weighted by Gasteiger charge is -2.22. The summed E-state index contributed by atoms with van der Waals surface area (Å²) in [5, 5.41) is 0. The predicted molar refractivity (Wildman–Crippen MR) is 76.9 cm³/mol. The van der Waals surface area contributed by atoms with E-state index in [0.717, 1.165) is 22.1 Å². The largest absolute Gasteiger partial charge is 1.00 e. The smallest absolute Gasteiger partial charge is 0.404 e. The van der Waals surface area contributed by atoms with Crippen molar-refractivity contribution in [2.45, 2.75) is 0 Å². The number of likely N-dealkylation sites (N-methyl/N-ethyl adjacent to an activating group) is 2. The van der Waals surface area contributed by atoms with Crippen LogP contribution in [0.4, 0.5) is 9.59 Å². The van der Waals surface area contributed by atoms with E-state index in [9.17, 15) is 9.59 Å². The molecule has 4 N–H and O–H groups in total. The number of nitrogens with two attached hydrogens (primary N) is 2. The molecule has 0 fully saturated rings. The van der Waals surface area contributed by atoms with Gasteiger partial charge in [-0.25, -0.2) is 9.59 Å². The maximum Gasteiger partial charge on any atom is 0.404 e. The maximum atomic E-state index is 10.1. The molecule has 0 atom stereocenters. The lowest BCUT2D eigenvalue weighted by atomic mass is 10.5. The summed E-state index contributed by atoms with van der Waals surface area (Å²) in [6.07, 6.45) is -1.40. The van der Waals surface area contributed by atoms with Crippen molar-refractivity contribution in [1.29, 1.82) is 0 Å². The molecule has 0 rings (SSSR count). The third kappa shape index (κ3) is 36.4. The first-order valence-electron chi connectivity index (χ1n) is 6.29. The number of hydrogen-bond donors (Lipinski definition) is 2. The highest BCUT2D eigenvalue weighted by Gasteiger charge is 2.07. The zero-order valence-corrected chi connectivity index (χ0v) is 15.8. The highest BCUT2D eigenvalue weighted by atomic mass is 35.5. The van der Waals surface area contributed by atoms with Crippen LogP contribution in [0.25, 0.3) is 0 Å². The van der Waals surface area contributed by atoms with Crippen LogP contribution in [0.15, 0.2) is 0 Å². The molecule has 8 nitrogen and oxygen atoms in total. The molecule has 0 bridgehead atoms. The monoisotopic (exact) mass is 364 g/mol. The Labute approximate surface area is 145 Å². The van der Waals surface area contributed by atoms with E-state index in [1.807, 2.05) is 42.3 Å². The van der Waals surface area contributed by atoms with Crippen LogP contribution in [0.3, 0.4) is 0 Å². The van der Waals surface area contributed by atoms with Gasteiger partial charge in [0.1, 0.15) is 26.3 Å². The zero-order valence-electron chi connectivity index (χ0n) is 14.3. The minimum absolute atomic E-state index is 0. The highest BCUT2D eigenvalue weighted by molar-refractivity contribution is 5.64. The molecular weight excluding hydrogens is 335 g/mol. The minimum Gasteiger partial charge on any atom is -1.00 e. The van der Waals surface area contributed by atoms with Gasteiger partial charge in [-0.15, -0.1) is 0 Å². The standard InChI is InChI=1S/2C6H14N2O2.2ClH/c2*1-8(2,3)4-5-10-6(7)9;;/h2*4-5H2,1-3H3,(H-,7,9);2*1H. The average molecular weight is 365 g/mol. The van der Waals surface area contributed by atoms with Crippen LogP contribution in [0, 0.1) is 0 Å². The number of quaternary nitrogens is 2. The molecule has 22 heavy (non-hydrogen) atoms. The fraction of sp³-hybridized carbons (Fsp3) is 0.833. The number of carbonyl (C=O) groups excluding carboxylic acids is 2. The van der Waals surface area contributed by atoms with Crippen LogP contribution in [-0.4, -0.2) is 89.7 Å². The Bertz CT molecular complexity index is 274. The molecule has 0 saturated heterocycles. The lowest BCUT2D eigenvalue weighted by molar-refractivity contribution is -0.870. The number of amides is 2. The Hall–Kier alpha value is -0.960. The molecule has 0 aromatic heterocycles. The van der Waals surface area contributed by atoms with Crippen molar-refractivity contribution in [3.05, 3.63) is 0 Å². The molecule has 0 aliphatic rings. The van der Waals surface area contributed by atoms with E-state index in [4.69, 9.17) is 11.5 Å². The number of rotatable bonds is 6. The Morgan fingerprint density at radius 1 is 0.727 bits per heavy atom. The second-order valence-electron chi connectivity index (χ2n) is 6.36. The average Bonchev–Trinajstić information content (AvgIpc) is 2.12. The fourth-order valence-electron chi connectivity index (χ4n) is 0.840. The van der Waals surface area contributed by atoms with Crippen LogP contribution in [-0.2, 0) is 9.47 Å². The van der Waals surface area contributed by atoms with E-state index < -0.39 is 12.2 Å². The van der Waals surface area contributed by atoms with Crippen molar-refractivity contribution in [3.63, 3.8) is 0 Å². The summed E-state index contributed by atoms with van der Waals surface area (Å²) in [7, 11) is 12.1. The number of hydrogen-bond acceptors (Lipinski definition) is 4. The number of nitrogens with zero attached hydrogens (tertiary/aromatic N) is 2. The molecule has 0 aromatic rings. The molecule has 0 radical (unpaired) electrons. The summed E-state index contributed by atoms with van der Waals surface area (Å²) in [4.78, 5) is 20.2. The maximum absolute atomic E-state index is 10.1. The van der Waals surface area contributed by atoms with Gasteiger partial charge in [0.25, 0.3) is 0 Å². The first-order valence-corrected chi connectivity index (χ1v) is 6.29. The van der Waals surface area contributed by atoms with Crippen LogP contribution >= 0.6 is 0 Å². The molecule has 0 aliphatic heterocycles. The van der Waals surface area contributed by atoms with Gasteiger partial charge in [0.05, 0.1) is 42.3 Å². The van der Waals surface area contributed by atoms with Crippen molar-refractivity contribution < 1.29 is 52.8 Å². The number of halogens is 2. The highest BCUT2D eigenvalue weighted by Crippen LogP contribution is 1.89. The van der Waals surface area contributed by atoms with Crippen LogP contribution in [0.1, 0.15) is 0 Å². The van der Waals surface area contributed by atoms with E-state index in [1.54, 1.807) is 0 Å². The Kier molecular flexibility index (Phi) is 18.1. The van der Waals surface area contributed by atoms with E-state index >= 15 is 0 Å². The van der Waals surface area contributed by atoms with Gasteiger partial charge in [0.15, 0.2) is 0 Å². The van der Waals surface area contributed by atoms with Crippen LogP contribution < -0.4 is 36.3 Å².